The predicted molar refractivity (Wildman–Crippen MR) is 104 cm³/mol. The number of anilines is 1. The molecule has 0 saturated carbocycles. The van der Waals surface area contributed by atoms with Crippen molar-refractivity contribution in [3.63, 3.8) is 0 Å². The number of hydrogen-bond donors (Lipinski definition) is 1. The summed E-state index contributed by atoms with van der Waals surface area (Å²) in [7, 11) is -3.31. The summed E-state index contributed by atoms with van der Waals surface area (Å²) in [5.41, 5.74) is 0.606. The van der Waals surface area contributed by atoms with Gasteiger partial charge in [0, 0.05) is 19.2 Å². The highest BCUT2D eigenvalue weighted by atomic mass is 32.2. The van der Waals surface area contributed by atoms with Gasteiger partial charge in [-0.2, -0.15) is 0 Å². The number of hydrogen-bond acceptors (Lipinski definition) is 7. The quantitative estimate of drug-likeness (QED) is 0.679. The Morgan fingerprint density at radius 2 is 2.21 bits per heavy atom. The zero-order valence-electron chi connectivity index (χ0n) is 14.9. The van der Waals surface area contributed by atoms with Crippen LogP contribution in [0.1, 0.15) is 12.2 Å². The molecule has 3 aromatic rings. The zero-order chi connectivity index (χ0) is 19.9. The number of benzene rings is 1. The van der Waals surface area contributed by atoms with E-state index in [0.29, 0.717) is 34.2 Å². The van der Waals surface area contributed by atoms with Gasteiger partial charge >= 0.3 is 0 Å². The maximum atomic E-state index is 12.6. The van der Waals surface area contributed by atoms with Crippen LogP contribution in [0.3, 0.4) is 0 Å². The highest BCUT2D eigenvalue weighted by molar-refractivity contribution is 7.90. The first-order valence-electron chi connectivity index (χ1n) is 8.51. The number of aromatic nitrogens is 1. The zero-order valence-corrected chi connectivity index (χ0v) is 16.5. The monoisotopic (exact) mass is 419 g/mol. The molecule has 2 amide bonds. The molecule has 4 rings (SSSR count). The van der Waals surface area contributed by atoms with Crippen LogP contribution in [0.4, 0.5) is 5.13 Å². The lowest BCUT2D eigenvalue weighted by atomic mass is 10.1. The van der Waals surface area contributed by atoms with Crippen LogP contribution in [-0.2, 0) is 26.0 Å². The van der Waals surface area contributed by atoms with Crippen molar-refractivity contribution >= 4 is 48.3 Å². The summed E-state index contributed by atoms with van der Waals surface area (Å²) < 4.78 is 29.3. The third kappa shape index (κ3) is 3.78. The summed E-state index contributed by atoms with van der Waals surface area (Å²) in [4.78, 5) is 30.9. The molecule has 0 spiro atoms. The number of fused-ring (bicyclic) bond motifs is 1. The van der Waals surface area contributed by atoms with Crippen molar-refractivity contribution in [3.8, 4) is 0 Å². The van der Waals surface area contributed by atoms with Crippen molar-refractivity contribution in [2.45, 2.75) is 17.9 Å². The lowest BCUT2D eigenvalue weighted by Gasteiger charge is -2.14. The summed E-state index contributed by atoms with van der Waals surface area (Å²) >= 11 is 1.20. The minimum absolute atomic E-state index is 0.0985. The van der Waals surface area contributed by atoms with Crippen LogP contribution in [-0.4, -0.2) is 42.9 Å². The number of furan rings is 1. The average Bonchev–Trinajstić information content (AvgIpc) is 3.34. The van der Waals surface area contributed by atoms with Crippen molar-refractivity contribution in [3.05, 3.63) is 42.4 Å². The van der Waals surface area contributed by atoms with E-state index < -0.39 is 15.8 Å². The number of sulfone groups is 1. The molecular weight excluding hydrogens is 402 g/mol. The largest absolute Gasteiger partial charge is 0.467 e. The van der Waals surface area contributed by atoms with Crippen LogP contribution in [0.15, 0.2) is 45.9 Å². The van der Waals surface area contributed by atoms with E-state index in [1.807, 2.05) is 0 Å². The molecule has 1 aliphatic heterocycles. The van der Waals surface area contributed by atoms with Gasteiger partial charge in [0.2, 0.25) is 11.8 Å². The summed E-state index contributed by atoms with van der Waals surface area (Å²) in [5, 5.41) is 3.13. The van der Waals surface area contributed by atoms with Gasteiger partial charge in [-0.15, -0.1) is 0 Å². The Kier molecular flexibility index (Phi) is 4.68. The number of nitrogens with one attached hydrogen (secondary N) is 1. The van der Waals surface area contributed by atoms with Crippen molar-refractivity contribution in [2.75, 3.05) is 18.1 Å². The van der Waals surface area contributed by atoms with E-state index in [1.54, 1.807) is 35.4 Å². The molecular formula is C18H17N3O5S2. The second-order valence-corrected chi connectivity index (χ2v) is 9.71. The molecule has 28 heavy (non-hydrogen) atoms. The Balaban J connectivity index is 1.45. The van der Waals surface area contributed by atoms with Gasteiger partial charge in [0.15, 0.2) is 15.0 Å². The molecule has 1 fully saturated rings. The van der Waals surface area contributed by atoms with Crippen molar-refractivity contribution in [1.29, 1.82) is 0 Å². The first kappa shape index (κ1) is 18.6. The standard InChI is InChI=1S/C18H17N3O5S2/c1-28(24,25)13-4-5-14-15(8-13)27-18(19-14)20-17(23)11-7-16(22)21(9-11)10-12-3-2-6-26-12/h2-6,8,11H,7,9-10H2,1H3,(H,19,20,23). The third-order valence-electron chi connectivity index (χ3n) is 4.53. The summed E-state index contributed by atoms with van der Waals surface area (Å²) in [6.07, 6.45) is 2.82. The van der Waals surface area contributed by atoms with Crippen LogP contribution in [0.5, 0.6) is 0 Å². The van der Waals surface area contributed by atoms with Crippen LogP contribution in [0.2, 0.25) is 0 Å². The topological polar surface area (TPSA) is 110 Å². The molecule has 1 aromatic carbocycles. The number of amides is 2. The number of carbonyl (C=O) groups excluding carboxylic acids is 2. The fourth-order valence-corrected chi connectivity index (χ4v) is 4.72. The van der Waals surface area contributed by atoms with Gasteiger partial charge in [-0.3, -0.25) is 9.59 Å². The second kappa shape index (κ2) is 7.02. The van der Waals surface area contributed by atoms with Gasteiger partial charge in [0.05, 0.1) is 33.8 Å². The Morgan fingerprint density at radius 1 is 1.39 bits per heavy atom. The lowest BCUT2D eigenvalue weighted by Crippen LogP contribution is -2.27. The molecule has 10 heteroatoms. The fraction of sp³-hybridized carbons (Fsp3) is 0.278. The number of likely N-dealkylation sites (tertiary alicyclic amines) is 1. The lowest BCUT2D eigenvalue weighted by molar-refractivity contribution is -0.128. The number of carbonyl (C=O) groups is 2. The maximum Gasteiger partial charge on any atom is 0.231 e. The van der Waals surface area contributed by atoms with E-state index in [0.717, 1.165) is 6.26 Å². The van der Waals surface area contributed by atoms with Gasteiger partial charge in [-0.25, -0.2) is 13.4 Å². The predicted octanol–water partition coefficient (Wildman–Crippen LogP) is 2.28. The smallest absolute Gasteiger partial charge is 0.231 e. The minimum atomic E-state index is -3.31. The highest BCUT2D eigenvalue weighted by Gasteiger charge is 2.35. The molecule has 3 heterocycles. The first-order chi connectivity index (χ1) is 13.3. The second-order valence-electron chi connectivity index (χ2n) is 6.66. The van der Waals surface area contributed by atoms with Gasteiger partial charge in [-0.1, -0.05) is 11.3 Å². The van der Waals surface area contributed by atoms with Crippen LogP contribution in [0.25, 0.3) is 10.2 Å². The number of rotatable bonds is 5. The SMILES string of the molecule is CS(=O)(=O)c1ccc2nc(NC(=O)C3CC(=O)N(Cc4ccco4)C3)sc2c1. The van der Waals surface area contributed by atoms with Crippen molar-refractivity contribution in [1.82, 2.24) is 9.88 Å². The van der Waals surface area contributed by atoms with E-state index in [1.165, 1.54) is 17.4 Å². The van der Waals surface area contributed by atoms with E-state index >= 15 is 0 Å². The van der Waals surface area contributed by atoms with Gasteiger partial charge in [0.25, 0.3) is 0 Å². The molecule has 0 radical (unpaired) electrons. The molecule has 8 nitrogen and oxygen atoms in total. The van der Waals surface area contributed by atoms with E-state index in [2.05, 4.69) is 10.3 Å². The molecule has 1 N–H and O–H groups in total. The molecule has 1 aliphatic rings. The number of thiazole rings is 1. The summed E-state index contributed by atoms with van der Waals surface area (Å²) in [5.74, 6) is -0.181. The van der Waals surface area contributed by atoms with Crippen LogP contribution in [0, 0.1) is 5.92 Å². The maximum absolute atomic E-state index is 12.6. The van der Waals surface area contributed by atoms with Gasteiger partial charge < -0.3 is 14.6 Å². The molecule has 146 valence electrons. The Labute approximate surface area is 165 Å². The fourth-order valence-electron chi connectivity index (χ4n) is 3.09. The minimum Gasteiger partial charge on any atom is -0.467 e. The molecule has 0 bridgehead atoms. The van der Waals surface area contributed by atoms with Crippen molar-refractivity contribution < 1.29 is 22.4 Å². The molecule has 1 unspecified atom stereocenters. The summed E-state index contributed by atoms with van der Waals surface area (Å²) in [6.45, 7) is 0.652. The Morgan fingerprint density at radius 3 is 2.93 bits per heavy atom. The average molecular weight is 419 g/mol. The Hall–Kier alpha value is -2.72. The van der Waals surface area contributed by atoms with Gasteiger partial charge in [0.1, 0.15) is 5.76 Å². The van der Waals surface area contributed by atoms with Crippen LogP contribution >= 0.6 is 11.3 Å². The molecule has 1 atom stereocenters. The molecule has 2 aromatic heterocycles. The van der Waals surface area contributed by atoms with Crippen LogP contribution < -0.4 is 5.32 Å². The van der Waals surface area contributed by atoms with E-state index in [4.69, 9.17) is 4.42 Å². The Bertz CT molecular complexity index is 1150. The highest BCUT2D eigenvalue weighted by Crippen LogP contribution is 2.29. The number of nitrogens with zero attached hydrogens (tertiary/aromatic N) is 2. The first-order valence-corrected chi connectivity index (χ1v) is 11.2. The van der Waals surface area contributed by atoms with Crippen molar-refractivity contribution in [2.24, 2.45) is 5.92 Å². The third-order valence-corrected chi connectivity index (χ3v) is 6.57. The van der Waals surface area contributed by atoms with E-state index in [9.17, 15) is 18.0 Å². The normalized spacial score (nSPS) is 17.4. The molecule has 0 aliphatic carbocycles. The molecule has 1 saturated heterocycles. The van der Waals surface area contributed by atoms with E-state index in [-0.39, 0.29) is 23.1 Å². The summed E-state index contributed by atoms with van der Waals surface area (Å²) in [6, 6.07) is 8.18. The van der Waals surface area contributed by atoms with Gasteiger partial charge in [-0.05, 0) is 30.3 Å².